The van der Waals surface area contributed by atoms with Crippen LogP contribution in [0.25, 0.3) is 0 Å². The van der Waals surface area contributed by atoms with E-state index in [9.17, 15) is 20.1 Å². The lowest BCUT2D eigenvalue weighted by Gasteiger charge is -2.47. The monoisotopic (exact) mass is 376 g/mol. The van der Waals surface area contributed by atoms with Gasteiger partial charge in [-0.15, -0.1) is 0 Å². The molecular formula is C22H32O5. The van der Waals surface area contributed by atoms with E-state index in [-0.39, 0.29) is 29.8 Å². The van der Waals surface area contributed by atoms with Crippen LogP contribution in [0.5, 0.6) is 0 Å². The summed E-state index contributed by atoms with van der Waals surface area (Å²) in [4.78, 5) is 11.8. The molecule has 0 heterocycles. The molecule has 2 bridgehead atoms. The van der Waals surface area contributed by atoms with Crippen LogP contribution in [0.3, 0.4) is 0 Å². The van der Waals surface area contributed by atoms with E-state index in [1.54, 1.807) is 0 Å². The first kappa shape index (κ1) is 19.2. The molecule has 3 N–H and O–H groups in total. The Morgan fingerprint density at radius 1 is 1.15 bits per heavy atom. The first-order valence-corrected chi connectivity index (χ1v) is 10.1. The molecule has 4 rings (SSSR count). The van der Waals surface area contributed by atoms with Gasteiger partial charge < -0.3 is 20.1 Å². The standard InChI is InChI=1S/C22H32O5/c1-11-9-21-10-18(25)22(26)16(8-17(24)20(22,4)5)12(2)15(21)7-6-14(11)19(21)27-13(3)23/h14-19,24-26H,1-2,6-10H2,3-5H3/t14-,15-,16-,17-,18+,19+,21+,22-/m0/s1. The van der Waals surface area contributed by atoms with Crippen molar-refractivity contribution in [2.45, 2.75) is 76.8 Å². The number of esters is 1. The van der Waals surface area contributed by atoms with Crippen molar-refractivity contribution in [3.8, 4) is 0 Å². The normalized spacial score (nSPS) is 50.7. The number of carbonyl (C=O) groups is 1. The van der Waals surface area contributed by atoms with Crippen LogP contribution < -0.4 is 0 Å². The summed E-state index contributed by atoms with van der Waals surface area (Å²) in [6.07, 6.45) is 1.10. The Morgan fingerprint density at radius 3 is 2.44 bits per heavy atom. The topological polar surface area (TPSA) is 87.0 Å². The molecular weight excluding hydrogens is 344 g/mol. The lowest BCUT2D eigenvalue weighted by Crippen LogP contribution is -2.57. The van der Waals surface area contributed by atoms with Crippen LogP contribution in [-0.2, 0) is 9.53 Å². The fourth-order valence-electron chi connectivity index (χ4n) is 7.11. The number of carbonyl (C=O) groups excluding carboxylic acids is 1. The molecule has 0 unspecified atom stereocenters. The van der Waals surface area contributed by atoms with Gasteiger partial charge in [-0.2, -0.15) is 0 Å². The Morgan fingerprint density at radius 2 is 1.81 bits per heavy atom. The highest BCUT2D eigenvalue weighted by Gasteiger charge is 2.70. The van der Waals surface area contributed by atoms with Gasteiger partial charge in [0, 0.05) is 29.6 Å². The highest BCUT2D eigenvalue weighted by atomic mass is 16.5. The minimum absolute atomic E-state index is 0.0344. The maximum atomic E-state index is 11.8. The molecule has 150 valence electrons. The molecule has 4 fully saturated rings. The van der Waals surface area contributed by atoms with E-state index >= 15 is 0 Å². The largest absolute Gasteiger partial charge is 0.461 e. The van der Waals surface area contributed by atoms with Gasteiger partial charge in [0.05, 0.1) is 12.2 Å². The van der Waals surface area contributed by atoms with Crippen molar-refractivity contribution in [1.29, 1.82) is 0 Å². The number of ether oxygens (including phenoxy) is 1. The molecule has 4 aliphatic carbocycles. The van der Waals surface area contributed by atoms with Crippen LogP contribution in [0.1, 0.15) is 52.9 Å². The van der Waals surface area contributed by atoms with Crippen molar-refractivity contribution in [2.75, 3.05) is 0 Å². The third kappa shape index (κ3) is 2.19. The average Bonchev–Trinajstić information content (AvgIpc) is 2.81. The third-order valence-electron chi connectivity index (χ3n) is 8.60. The Labute approximate surface area is 161 Å². The smallest absolute Gasteiger partial charge is 0.302 e. The molecule has 27 heavy (non-hydrogen) atoms. The SMILES string of the molecule is C=C1C[C@@]23C[C@@H](O)[C@@]4(O)[C@@H](C[C@H](O)C4(C)C)C(=C)[C@@H]2CC[C@@H]1[C@H]3OC(C)=O. The van der Waals surface area contributed by atoms with Crippen LogP contribution in [0, 0.1) is 28.6 Å². The highest BCUT2D eigenvalue weighted by Crippen LogP contribution is 2.68. The van der Waals surface area contributed by atoms with E-state index in [4.69, 9.17) is 4.74 Å². The van der Waals surface area contributed by atoms with Crippen LogP contribution >= 0.6 is 0 Å². The molecule has 4 saturated carbocycles. The maximum absolute atomic E-state index is 11.8. The summed E-state index contributed by atoms with van der Waals surface area (Å²) in [5, 5.41) is 33.7. The van der Waals surface area contributed by atoms with Gasteiger partial charge in [-0.3, -0.25) is 4.79 Å². The molecule has 0 aromatic heterocycles. The van der Waals surface area contributed by atoms with Gasteiger partial charge in [-0.05, 0) is 38.0 Å². The second kappa shape index (κ2) is 5.68. The summed E-state index contributed by atoms with van der Waals surface area (Å²) in [7, 11) is 0. The molecule has 0 aromatic rings. The summed E-state index contributed by atoms with van der Waals surface area (Å²) in [5.74, 6) is -0.549. The van der Waals surface area contributed by atoms with E-state index < -0.39 is 28.6 Å². The van der Waals surface area contributed by atoms with E-state index in [1.165, 1.54) is 6.92 Å². The van der Waals surface area contributed by atoms with Gasteiger partial charge in [0.2, 0.25) is 0 Å². The van der Waals surface area contributed by atoms with Gasteiger partial charge >= 0.3 is 5.97 Å². The van der Waals surface area contributed by atoms with Gasteiger partial charge in [0.25, 0.3) is 0 Å². The zero-order valence-electron chi connectivity index (χ0n) is 16.6. The van der Waals surface area contributed by atoms with Crippen molar-refractivity contribution in [3.63, 3.8) is 0 Å². The van der Waals surface area contributed by atoms with Crippen LogP contribution in [0.2, 0.25) is 0 Å². The fourth-order valence-corrected chi connectivity index (χ4v) is 7.11. The summed E-state index contributed by atoms with van der Waals surface area (Å²) in [6.45, 7) is 13.7. The molecule has 8 atom stereocenters. The first-order chi connectivity index (χ1) is 12.5. The average molecular weight is 376 g/mol. The van der Waals surface area contributed by atoms with Crippen molar-refractivity contribution in [1.82, 2.24) is 0 Å². The van der Waals surface area contributed by atoms with E-state index in [1.807, 2.05) is 13.8 Å². The van der Waals surface area contributed by atoms with Crippen molar-refractivity contribution >= 4 is 5.97 Å². The number of hydrogen-bond acceptors (Lipinski definition) is 5. The van der Waals surface area contributed by atoms with E-state index in [0.717, 1.165) is 24.0 Å². The van der Waals surface area contributed by atoms with Gasteiger partial charge in [0.15, 0.2) is 0 Å². The Bertz CT molecular complexity index is 711. The number of hydrogen-bond donors (Lipinski definition) is 3. The van der Waals surface area contributed by atoms with Crippen LogP contribution in [-0.4, -0.2) is 45.2 Å². The quantitative estimate of drug-likeness (QED) is 0.483. The maximum Gasteiger partial charge on any atom is 0.302 e. The van der Waals surface area contributed by atoms with Crippen molar-refractivity contribution in [2.24, 2.45) is 28.6 Å². The highest BCUT2D eigenvalue weighted by molar-refractivity contribution is 5.66. The number of rotatable bonds is 1. The molecule has 0 radical (unpaired) electrons. The summed E-state index contributed by atoms with van der Waals surface area (Å²) in [5.41, 5.74) is -0.805. The van der Waals surface area contributed by atoms with Crippen molar-refractivity contribution in [3.05, 3.63) is 24.3 Å². The van der Waals surface area contributed by atoms with Gasteiger partial charge in [-0.25, -0.2) is 0 Å². The molecule has 0 amide bonds. The lowest BCUT2D eigenvalue weighted by atomic mass is 9.61. The second-order valence-electron chi connectivity index (χ2n) is 9.98. The van der Waals surface area contributed by atoms with Crippen LogP contribution in [0.15, 0.2) is 24.3 Å². The molecule has 0 aliphatic heterocycles. The van der Waals surface area contributed by atoms with E-state index in [2.05, 4.69) is 13.2 Å². The Kier molecular flexibility index (Phi) is 4.03. The summed E-state index contributed by atoms with van der Waals surface area (Å²) in [6, 6.07) is 0. The molecule has 0 saturated heterocycles. The van der Waals surface area contributed by atoms with Crippen LogP contribution in [0.4, 0.5) is 0 Å². The minimum Gasteiger partial charge on any atom is -0.461 e. The second-order valence-corrected chi connectivity index (χ2v) is 9.98. The Hall–Kier alpha value is -1.17. The molecule has 5 nitrogen and oxygen atoms in total. The summed E-state index contributed by atoms with van der Waals surface area (Å²) >= 11 is 0. The van der Waals surface area contributed by atoms with Gasteiger partial charge in [-0.1, -0.05) is 38.2 Å². The minimum atomic E-state index is -1.45. The number of aliphatic hydroxyl groups excluding tert-OH is 2. The zero-order chi connectivity index (χ0) is 19.9. The van der Waals surface area contributed by atoms with E-state index in [0.29, 0.717) is 19.3 Å². The summed E-state index contributed by atoms with van der Waals surface area (Å²) < 4.78 is 5.81. The molecule has 4 aliphatic rings. The predicted molar refractivity (Wildman–Crippen MR) is 101 cm³/mol. The Balaban J connectivity index is 1.84. The molecule has 1 spiro atoms. The zero-order valence-corrected chi connectivity index (χ0v) is 16.6. The van der Waals surface area contributed by atoms with Crippen molar-refractivity contribution < 1.29 is 24.9 Å². The van der Waals surface area contributed by atoms with Gasteiger partial charge in [0.1, 0.15) is 11.7 Å². The predicted octanol–water partition coefficient (Wildman–Crippen LogP) is 2.35. The third-order valence-corrected chi connectivity index (χ3v) is 8.60. The first-order valence-electron chi connectivity index (χ1n) is 10.1. The molecule has 0 aromatic carbocycles. The fraction of sp³-hybridized carbons (Fsp3) is 0.773. The lowest BCUT2D eigenvalue weighted by molar-refractivity contribution is -0.181. The number of fused-ring (bicyclic) bond motifs is 2. The molecule has 5 heteroatoms. The number of aliphatic hydroxyl groups is 3.